The largest absolute Gasteiger partial charge is 0.354 e. The fourth-order valence-corrected chi connectivity index (χ4v) is 3.72. The molecule has 0 unspecified atom stereocenters. The number of piperazine rings is 1. The lowest BCUT2D eigenvalue weighted by Crippen LogP contribution is -2.44. The molecule has 1 aliphatic rings. The molecule has 160 valence electrons. The summed E-state index contributed by atoms with van der Waals surface area (Å²) in [4.78, 5) is 35.0. The maximum absolute atomic E-state index is 12.9. The zero-order chi connectivity index (χ0) is 21.9. The third kappa shape index (κ3) is 4.26. The number of carbonyl (C=O) groups is 1. The third-order valence-electron chi connectivity index (χ3n) is 5.61. The second-order valence-electron chi connectivity index (χ2n) is 7.85. The molecule has 4 aromatic heterocycles. The number of hydrogen-bond donors (Lipinski definition) is 1. The predicted octanol–water partition coefficient (Wildman–Crippen LogP) is 3.09. The molecule has 4 aromatic rings. The van der Waals surface area contributed by atoms with Gasteiger partial charge in [0.05, 0.1) is 11.4 Å². The first-order chi connectivity index (χ1) is 15.7. The van der Waals surface area contributed by atoms with E-state index in [-0.39, 0.29) is 5.91 Å². The highest BCUT2D eigenvalue weighted by Gasteiger charge is 2.17. The highest BCUT2D eigenvalue weighted by Crippen LogP contribution is 2.22. The van der Waals surface area contributed by atoms with E-state index < -0.39 is 0 Å². The molecule has 0 aromatic carbocycles. The van der Waals surface area contributed by atoms with Crippen LogP contribution in [0.4, 0.5) is 11.6 Å². The summed E-state index contributed by atoms with van der Waals surface area (Å²) in [7, 11) is 2.11. The van der Waals surface area contributed by atoms with Crippen molar-refractivity contribution in [3.05, 3.63) is 72.8 Å². The molecule has 0 saturated carbocycles. The second kappa shape index (κ2) is 8.68. The molecule has 32 heavy (non-hydrogen) atoms. The maximum Gasteiger partial charge on any atom is 0.257 e. The predicted molar refractivity (Wildman–Crippen MR) is 125 cm³/mol. The van der Waals surface area contributed by atoms with E-state index in [1.54, 1.807) is 30.9 Å². The average molecular weight is 425 g/mol. The first-order valence-electron chi connectivity index (χ1n) is 10.5. The molecule has 1 N–H and O–H groups in total. The van der Waals surface area contributed by atoms with Gasteiger partial charge in [-0.1, -0.05) is 6.07 Å². The van der Waals surface area contributed by atoms with Gasteiger partial charge in [-0.05, 0) is 48.8 Å². The van der Waals surface area contributed by atoms with Crippen LogP contribution in [-0.2, 0) is 0 Å². The normalized spacial score (nSPS) is 14.5. The van der Waals surface area contributed by atoms with E-state index in [9.17, 15) is 4.79 Å². The van der Waals surface area contributed by atoms with E-state index in [4.69, 9.17) is 0 Å². The summed E-state index contributed by atoms with van der Waals surface area (Å²) in [5.74, 6) is 1.09. The number of nitrogens with zero attached hydrogens (tertiary/aromatic N) is 6. The average Bonchev–Trinajstić information content (AvgIpc) is 2.84. The lowest BCUT2D eigenvalue weighted by atomic mass is 10.1. The van der Waals surface area contributed by atoms with Crippen molar-refractivity contribution in [3.8, 4) is 11.4 Å². The van der Waals surface area contributed by atoms with E-state index in [2.05, 4.69) is 42.1 Å². The second-order valence-corrected chi connectivity index (χ2v) is 7.85. The molecule has 8 heteroatoms. The quantitative estimate of drug-likeness (QED) is 0.538. The van der Waals surface area contributed by atoms with Crippen LogP contribution < -0.4 is 10.2 Å². The molecule has 0 aliphatic carbocycles. The number of hydrogen-bond acceptors (Lipinski definition) is 7. The molecule has 0 bridgehead atoms. The minimum absolute atomic E-state index is 0.214. The van der Waals surface area contributed by atoms with Crippen molar-refractivity contribution in [1.29, 1.82) is 0 Å². The van der Waals surface area contributed by atoms with Gasteiger partial charge in [0.25, 0.3) is 5.91 Å². The summed E-state index contributed by atoms with van der Waals surface area (Å²) in [6.07, 6.45) is 6.90. The fraction of sp³-hybridized carbons (Fsp3) is 0.208. The standard InChI is InChI=1S/C24H23N7O/c1-30-8-10-31(11-9-30)23-14-17(5-7-26-23)24(32)29-22-13-18-12-21(20-4-2-3-6-25-20)27-15-19(18)16-28-22/h2-7,12-16H,8-11H2,1H3,(H,28,29,32). The van der Waals surface area contributed by atoms with Crippen LogP contribution in [0.3, 0.4) is 0 Å². The minimum atomic E-state index is -0.214. The van der Waals surface area contributed by atoms with Gasteiger partial charge in [-0.15, -0.1) is 0 Å². The number of nitrogens with one attached hydrogen (secondary N) is 1. The van der Waals surface area contributed by atoms with Crippen LogP contribution in [0.2, 0.25) is 0 Å². The Morgan fingerprint density at radius 1 is 0.844 bits per heavy atom. The summed E-state index contributed by atoms with van der Waals surface area (Å²) in [6, 6.07) is 13.1. The van der Waals surface area contributed by atoms with Gasteiger partial charge in [-0.2, -0.15) is 0 Å². The molecule has 1 aliphatic heterocycles. The topological polar surface area (TPSA) is 87.1 Å². The molecule has 0 spiro atoms. The van der Waals surface area contributed by atoms with E-state index in [0.717, 1.165) is 54.2 Å². The molecular formula is C24H23N7O. The molecule has 0 atom stereocenters. The van der Waals surface area contributed by atoms with Crippen LogP contribution >= 0.6 is 0 Å². The zero-order valence-electron chi connectivity index (χ0n) is 17.8. The Balaban J connectivity index is 1.36. The Bertz CT molecular complexity index is 1250. The van der Waals surface area contributed by atoms with Gasteiger partial charge in [-0.25, -0.2) is 9.97 Å². The smallest absolute Gasteiger partial charge is 0.257 e. The number of carbonyl (C=O) groups excluding carboxylic acids is 1. The summed E-state index contributed by atoms with van der Waals surface area (Å²) < 4.78 is 0. The van der Waals surface area contributed by atoms with Crippen LogP contribution in [0.5, 0.6) is 0 Å². The van der Waals surface area contributed by atoms with Crippen LogP contribution in [-0.4, -0.2) is 64.0 Å². The van der Waals surface area contributed by atoms with Crippen molar-refractivity contribution in [1.82, 2.24) is 24.8 Å². The van der Waals surface area contributed by atoms with Crippen molar-refractivity contribution in [2.75, 3.05) is 43.4 Å². The summed E-state index contributed by atoms with van der Waals surface area (Å²) in [5.41, 5.74) is 2.12. The Labute approximate surface area is 186 Å². The van der Waals surface area contributed by atoms with Crippen LogP contribution in [0.1, 0.15) is 10.4 Å². The molecule has 1 fully saturated rings. The summed E-state index contributed by atoms with van der Waals surface area (Å²) >= 11 is 0. The van der Waals surface area contributed by atoms with Gasteiger partial charge in [0.1, 0.15) is 11.6 Å². The highest BCUT2D eigenvalue weighted by molar-refractivity contribution is 6.05. The zero-order valence-corrected chi connectivity index (χ0v) is 17.8. The van der Waals surface area contributed by atoms with Crippen molar-refractivity contribution >= 4 is 28.3 Å². The third-order valence-corrected chi connectivity index (χ3v) is 5.61. The van der Waals surface area contributed by atoms with Crippen LogP contribution in [0, 0.1) is 0 Å². The number of likely N-dealkylation sites (N-methyl/N-ethyl adjacent to an activating group) is 1. The van der Waals surface area contributed by atoms with Crippen molar-refractivity contribution in [2.24, 2.45) is 0 Å². The molecule has 8 nitrogen and oxygen atoms in total. The van der Waals surface area contributed by atoms with Gasteiger partial charge < -0.3 is 15.1 Å². The minimum Gasteiger partial charge on any atom is -0.354 e. The SMILES string of the molecule is CN1CCN(c2cc(C(=O)Nc3cc4cc(-c5ccccn5)ncc4cn3)ccn2)CC1. The van der Waals surface area contributed by atoms with E-state index in [0.29, 0.717) is 11.4 Å². The van der Waals surface area contributed by atoms with Gasteiger partial charge >= 0.3 is 0 Å². The van der Waals surface area contributed by atoms with E-state index in [1.807, 2.05) is 36.4 Å². The van der Waals surface area contributed by atoms with Crippen LogP contribution in [0.25, 0.3) is 22.2 Å². The first kappa shape index (κ1) is 20.0. The lowest BCUT2D eigenvalue weighted by molar-refractivity contribution is 0.102. The van der Waals surface area contributed by atoms with Gasteiger partial charge in [-0.3, -0.25) is 14.8 Å². The summed E-state index contributed by atoms with van der Waals surface area (Å²) in [5, 5.41) is 4.73. The number of anilines is 2. The Kier molecular flexibility index (Phi) is 5.43. The van der Waals surface area contributed by atoms with Gasteiger partial charge in [0.15, 0.2) is 0 Å². The number of pyridine rings is 4. The molecule has 0 radical (unpaired) electrons. The van der Waals surface area contributed by atoms with Gasteiger partial charge in [0, 0.05) is 61.9 Å². The number of amides is 1. The maximum atomic E-state index is 12.9. The van der Waals surface area contributed by atoms with E-state index >= 15 is 0 Å². The molecule has 1 amide bonds. The fourth-order valence-electron chi connectivity index (χ4n) is 3.72. The number of rotatable bonds is 4. The Morgan fingerprint density at radius 2 is 1.69 bits per heavy atom. The van der Waals surface area contributed by atoms with Crippen molar-refractivity contribution < 1.29 is 4.79 Å². The monoisotopic (exact) mass is 425 g/mol. The molecular weight excluding hydrogens is 402 g/mol. The molecule has 5 rings (SSSR count). The van der Waals surface area contributed by atoms with Crippen molar-refractivity contribution in [3.63, 3.8) is 0 Å². The molecule has 1 saturated heterocycles. The number of aromatic nitrogens is 4. The van der Waals surface area contributed by atoms with E-state index in [1.165, 1.54) is 0 Å². The first-order valence-corrected chi connectivity index (χ1v) is 10.5. The Hall–Kier alpha value is -3.91. The number of fused-ring (bicyclic) bond motifs is 1. The van der Waals surface area contributed by atoms with Gasteiger partial charge in [0.2, 0.25) is 0 Å². The Morgan fingerprint density at radius 3 is 2.50 bits per heavy atom. The molecule has 5 heterocycles. The van der Waals surface area contributed by atoms with Crippen LogP contribution in [0.15, 0.2) is 67.3 Å². The summed E-state index contributed by atoms with van der Waals surface area (Å²) in [6.45, 7) is 3.75. The lowest BCUT2D eigenvalue weighted by Gasteiger charge is -2.33. The highest BCUT2D eigenvalue weighted by atomic mass is 16.1. The van der Waals surface area contributed by atoms with Crippen molar-refractivity contribution in [2.45, 2.75) is 0 Å².